The summed E-state index contributed by atoms with van der Waals surface area (Å²) in [4.78, 5) is 15.5. The van der Waals surface area contributed by atoms with Gasteiger partial charge in [0.05, 0.1) is 22.5 Å². The number of rotatable bonds is 7. The molecule has 1 aromatic heterocycles. The lowest BCUT2D eigenvalue weighted by Gasteiger charge is -2.10. The number of hydrogen-bond donors (Lipinski definition) is 1. The summed E-state index contributed by atoms with van der Waals surface area (Å²) < 4.78 is 67.5. The summed E-state index contributed by atoms with van der Waals surface area (Å²) in [5.74, 6) is -4.46. The van der Waals surface area contributed by atoms with Gasteiger partial charge in [-0.15, -0.1) is 0 Å². The van der Waals surface area contributed by atoms with E-state index in [0.717, 1.165) is 17.8 Å². The number of carbonyl (C=O) groups is 1. The highest BCUT2D eigenvalue weighted by molar-refractivity contribution is 7.99. The molecule has 0 aliphatic heterocycles. The van der Waals surface area contributed by atoms with Crippen molar-refractivity contribution in [3.8, 4) is 11.3 Å². The van der Waals surface area contributed by atoms with E-state index in [4.69, 9.17) is 4.42 Å². The lowest BCUT2D eigenvalue weighted by molar-refractivity contribution is -0.113. The van der Waals surface area contributed by atoms with Crippen LogP contribution in [0.4, 0.5) is 18.9 Å². The molecule has 0 radical (unpaired) electrons. The molecule has 1 amide bonds. The van der Waals surface area contributed by atoms with E-state index in [1.165, 1.54) is 48.7 Å². The molecule has 11 heteroatoms. The zero-order chi connectivity index (χ0) is 21.0. The van der Waals surface area contributed by atoms with E-state index in [1.807, 2.05) is 0 Å². The van der Waals surface area contributed by atoms with Gasteiger partial charge in [-0.3, -0.25) is 4.79 Å². The first-order valence-electron chi connectivity index (χ1n) is 8.03. The predicted octanol–water partition coefficient (Wildman–Crippen LogP) is 4.21. The average molecular weight is 442 g/mol. The Morgan fingerprint density at radius 2 is 1.83 bits per heavy atom. The molecule has 2 aromatic carbocycles. The van der Waals surface area contributed by atoms with Crippen molar-refractivity contribution in [1.82, 2.24) is 4.98 Å². The van der Waals surface area contributed by atoms with Gasteiger partial charge in [0.15, 0.2) is 5.76 Å². The van der Waals surface area contributed by atoms with Gasteiger partial charge in [-0.05, 0) is 36.4 Å². The van der Waals surface area contributed by atoms with Gasteiger partial charge in [0.2, 0.25) is 15.7 Å². The van der Waals surface area contributed by atoms with Crippen LogP contribution in [0.5, 0.6) is 0 Å². The topological polar surface area (TPSA) is 89.3 Å². The fourth-order valence-corrected chi connectivity index (χ4v) is 3.79. The SMILES string of the molecule is O=C(CSc1ncc(-c2ccc(F)cc2)o1)Nc1ccccc1S(=O)(=O)C(F)F. The van der Waals surface area contributed by atoms with Crippen molar-refractivity contribution < 1.29 is 30.8 Å². The minimum atomic E-state index is -4.86. The molecular weight excluding hydrogens is 429 g/mol. The normalized spacial score (nSPS) is 11.6. The van der Waals surface area contributed by atoms with Gasteiger partial charge in [0.1, 0.15) is 5.82 Å². The number of benzene rings is 2. The zero-order valence-corrected chi connectivity index (χ0v) is 16.1. The lowest BCUT2D eigenvalue weighted by atomic mass is 10.2. The summed E-state index contributed by atoms with van der Waals surface area (Å²) in [5.41, 5.74) is 0.360. The molecule has 0 saturated carbocycles. The van der Waals surface area contributed by atoms with E-state index in [-0.39, 0.29) is 16.7 Å². The highest BCUT2D eigenvalue weighted by Gasteiger charge is 2.29. The number of aromatic nitrogens is 1. The first-order valence-corrected chi connectivity index (χ1v) is 10.6. The Kier molecular flexibility index (Phi) is 6.28. The molecule has 152 valence electrons. The number of thioether (sulfide) groups is 1. The minimum Gasteiger partial charge on any atom is -0.431 e. The van der Waals surface area contributed by atoms with Crippen molar-refractivity contribution >= 4 is 33.2 Å². The molecule has 1 heterocycles. The molecule has 1 N–H and O–H groups in total. The number of nitrogens with zero attached hydrogens (tertiary/aromatic N) is 1. The summed E-state index contributed by atoms with van der Waals surface area (Å²) in [6, 6.07) is 10.5. The van der Waals surface area contributed by atoms with Crippen LogP contribution in [-0.4, -0.2) is 30.8 Å². The van der Waals surface area contributed by atoms with E-state index in [2.05, 4.69) is 10.3 Å². The van der Waals surface area contributed by atoms with Gasteiger partial charge in [0, 0.05) is 5.56 Å². The van der Waals surface area contributed by atoms with Crippen LogP contribution in [0.1, 0.15) is 0 Å². The van der Waals surface area contributed by atoms with Gasteiger partial charge >= 0.3 is 5.76 Å². The van der Waals surface area contributed by atoms with Crippen molar-refractivity contribution in [2.45, 2.75) is 15.9 Å². The van der Waals surface area contributed by atoms with Crippen molar-refractivity contribution in [1.29, 1.82) is 0 Å². The maximum atomic E-state index is 13.0. The van der Waals surface area contributed by atoms with Gasteiger partial charge < -0.3 is 9.73 Å². The van der Waals surface area contributed by atoms with E-state index >= 15 is 0 Å². The second kappa shape index (κ2) is 8.70. The highest BCUT2D eigenvalue weighted by Crippen LogP contribution is 2.28. The third-order valence-corrected chi connectivity index (χ3v) is 5.92. The van der Waals surface area contributed by atoms with E-state index in [9.17, 15) is 26.4 Å². The van der Waals surface area contributed by atoms with Crippen LogP contribution in [-0.2, 0) is 14.6 Å². The number of halogens is 3. The number of sulfone groups is 1. The monoisotopic (exact) mass is 442 g/mol. The molecule has 0 bridgehead atoms. The first kappa shape index (κ1) is 20.9. The quantitative estimate of drug-likeness (QED) is 0.552. The molecule has 0 aliphatic carbocycles. The molecule has 3 aromatic rings. The van der Waals surface area contributed by atoms with Crippen LogP contribution < -0.4 is 5.32 Å². The van der Waals surface area contributed by atoms with Crippen molar-refractivity contribution in [2.24, 2.45) is 0 Å². The Hall–Kier alpha value is -2.79. The third-order valence-electron chi connectivity index (χ3n) is 3.64. The molecule has 29 heavy (non-hydrogen) atoms. The molecule has 3 rings (SSSR count). The van der Waals surface area contributed by atoms with E-state index < -0.39 is 32.2 Å². The molecular formula is C18H13F3N2O4S2. The van der Waals surface area contributed by atoms with E-state index in [0.29, 0.717) is 11.3 Å². The molecule has 0 unspecified atom stereocenters. The van der Waals surface area contributed by atoms with Gasteiger partial charge in [0.25, 0.3) is 5.22 Å². The smallest absolute Gasteiger partial charge is 0.341 e. The number of para-hydroxylation sites is 1. The third kappa shape index (κ3) is 4.98. The number of alkyl halides is 2. The van der Waals surface area contributed by atoms with Crippen LogP contribution in [0.3, 0.4) is 0 Å². The standard InChI is InChI=1S/C18H13F3N2O4S2/c19-12-7-5-11(6-8-12)14-9-22-18(27-14)28-10-16(24)23-13-3-1-2-4-15(13)29(25,26)17(20)21/h1-9,17H,10H2,(H,23,24). The Morgan fingerprint density at radius 3 is 2.52 bits per heavy atom. The van der Waals surface area contributed by atoms with Crippen molar-refractivity contribution in [3.05, 3.63) is 60.5 Å². The summed E-state index contributed by atoms with van der Waals surface area (Å²) >= 11 is 0.925. The summed E-state index contributed by atoms with van der Waals surface area (Å²) in [6.07, 6.45) is 1.41. The second-order valence-electron chi connectivity index (χ2n) is 5.64. The maximum Gasteiger partial charge on any atom is 0.341 e. The Balaban J connectivity index is 1.65. The summed E-state index contributed by atoms with van der Waals surface area (Å²) in [5, 5.41) is 2.46. The Labute approximate surface area is 168 Å². The number of hydrogen-bond acceptors (Lipinski definition) is 6. The first-order chi connectivity index (χ1) is 13.8. The minimum absolute atomic E-state index is 0.160. The number of carbonyl (C=O) groups excluding carboxylic acids is 1. The average Bonchev–Trinajstić information content (AvgIpc) is 3.16. The Morgan fingerprint density at radius 1 is 1.14 bits per heavy atom. The molecule has 0 spiro atoms. The lowest BCUT2D eigenvalue weighted by Crippen LogP contribution is -2.19. The van der Waals surface area contributed by atoms with Gasteiger partial charge in [-0.1, -0.05) is 23.9 Å². The predicted molar refractivity (Wildman–Crippen MR) is 101 cm³/mol. The van der Waals surface area contributed by atoms with Crippen LogP contribution in [0.2, 0.25) is 0 Å². The fraction of sp³-hybridized carbons (Fsp3) is 0.111. The number of nitrogens with one attached hydrogen (secondary N) is 1. The number of anilines is 1. The molecule has 6 nitrogen and oxygen atoms in total. The van der Waals surface area contributed by atoms with Gasteiger partial charge in [-0.25, -0.2) is 17.8 Å². The summed E-state index contributed by atoms with van der Waals surface area (Å²) in [7, 11) is -4.86. The highest BCUT2D eigenvalue weighted by atomic mass is 32.2. The van der Waals surface area contributed by atoms with Crippen LogP contribution >= 0.6 is 11.8 Å². The molecule has 0 atom stereocenters. The largest absolute Gasteiger partial charge is 0.431 e. The number of amides is 1. The van der Waals surface area contributed by atoms with Crippen LogP contribution in [0.25, 0.3) is 11.3 Å². The second-order valence-corrected chi connectivity index (χ2v) is 8.45. The molecule has 0 saturated heterocycles. The van der Waals surface area contributed by atoms with Crippen LogP contribution in [0, 0.1) is 5.82 Å². The summed E-state index contributed by atoms with van der Waals surface area (Å²) in [6.45, 7) is 0. The maximum absolute atomic E-state index is 13.0. The van der Waals surface area contributed by atoms with E-state index in [1.54, 1.807) is 0 Å². The number of oxazole rings is 1. The zero-order valence-electron chi connectivity index (χ0n) is 14.5. The van der Waals surface area contributed by atoms with Crippen molar-refractivity contribution in [3.63, 3.8) is 0 Å². The molecule has 0 aliphatic rings. The Bertz CT molecular complexity index is 1120. The van der Waals surface area contributed by atoms with Crippen LogP contribution in [0.15, 0.2) is 69.3 Å². The van der Waals surface area contributed by atoms with Gasteiger partial charge in [-0.2, -0.15) is 8.78 Å². The fourth-order valence-electron chi connectivity index (χ4n) is 2.30. The van der Waals surface area contributed by atoms with Crippen molar-refractivity contribution in [2.75, 3.05) is 11.1 Å². The molecule has 0 fully saturated rings.